The van der Waals surface area contributed by atoms with Gasteiger partial charge >= 0.3 is 0 Å². The van der Waals surface area contributed by atoms with Crippen molar-refractivity contribution in [2.45, 2.75) is 51.2 Å². The molecule has 1 fully saturated rings. The third-order valence-electron chi connectivity index (χ3n) is 4.01. The fourth-order valence-corrected chi connectivity index (χ4v) is 2.62. The predicted octanol–water partition coefficient (Wildman–Crippen LogP) is 0.475. The van der Waals surface area contributed by atoms with Crippen molar-refractivity contribution in [1.82, 2.24) is 10.2 Å². The van der Waals surface area contributed by atoms with E-state index >= 15 is 0 Å². The van der Waals surface area contributed by atoms with Crippen LogP contribution in [0.4, 0.5) is 0 Å². The molecular weight excluding hydrogens is 280 g/mol. The second-order valence-electron chi connectivity index (χ2n) is 6.88. The summed E-state index contributed by atoms with van der Waals surface area (Å²) in [5, 5.41) is 32.1. The van der Waals surface area contributed by atoms with Crippen molar-refractivity contribution in [3.63, 3.8) is 0 Å². The first kappa shape index (κ1) is 17.4. The van der Waals surface area contributed by atoms with E-state index in [-0.39, 0.29) is 0 Å². The van der Waals surface area contributed by atoms with Crippen LogP contribution >= 0.6 is 0 Å². The molecule has 0 aliphatic carbocycles. The second-order valence-corrected chi connectivity index (χ2v) is 6.88. The maximum Gasteiger partial charge on any atom is 0.0938 e. The lowest BCUT2D eigenvalue weighted by Crippen LogP contribution is -2.26. The van der Waals surface area contributed by atoms with Gasteiger partial charge in [0.1, 0.15) is 0 Å². The minimum atomic E-state index is -0.626. The summed E-state index contributed by atoms with van der Waals surface area (Å²) in [6.45, 7) is 7.01. The van der Waals surface area contributed by atoms with E-state index in [1.54, 1.807) is 0 Å². The Bertz CT molecular complexity index is 446. The van der Waals surface area contributed by atoms with Crippen LogP contribution in [-0.4, -0.2) is 57.7 Å². The molecule has 1 aromatic rings. The Morgan fingerprint density at radius 3 is 2.18 bits per heavy atom. The van der Waals surface area contributed by atoms with E-state index < -0.39 is 17.8 Å². The minimum Gasteiger partial charge on any atom is -0.390 e. The van der Waals surface area contributed by atoms with Gasteiger partial charge in [-0.05, 0) is 37.9 Å². The summed E-state index contributed by atoms with van der Waals surface area (Å²) in [4.78, 5) is 2.06. The fraction of sp³-hybridized carbons (Fsp3) is 0.647. The molecule has 4 N–H and O–H groups in total. The van der Waals surface area contributed by atoms with E-state index in [0.29, 0.717) is 13.1 Å². The summed E-state index contributed by atoms with van der Waals surface area (Å²) in [5.74, 6) is 0. The summed E-state index contributed by atoms with van der Waals surface area (Å²) in [5.41, 5.74) is 1.77. The molecule has 2 atom stereocenters. The van der Waals surface area contributed by atoms with Crippen molar-refractivity contribution in [2.24, 2.45) is 0 Å². The maximum atomic E-state index is 9.64. The summed E-state index contributed by atoms with van der Waals surface area (Å²) in [6, 6.07) is 8.36. The molecule has 1 aliphatic rings. The van der Waals surface area contributed by atoms with Crippen molar-refractivity contribution in [2.75, 3.05) is 19.6 Å². The van der Waals surface area contributed by atoms with Crippen LogP contribution < -0.4 is 5.32 Å². The lowest BCUT2D eigenvalue weighted by molar-refractivity contribution is 0.0572. The maximum absolute atomic E-state index is 9.64. The minimum absolute atomic E-state index is 0.529. The van der Waals surface area contributed by atoms with Gasteiger partial charge in [-0.3, -0.25) is 4.90 Å². The zero-order valence-electron chi connectivity index (χ0n) is 13.5. The van der Waals surface area contributed by atoms with Gasteiger partial charge in [0.15, 0.2) is 0 Å². The van der Waals surface area contributed by atoms with Crippen LogP contribution in [0.1, 0.15) is 31.4 Å². The van der Waals surface area contributed by atoms with Crippen molar-refractivity contribution in [1.29, 1.82) is 0 Å². The number of aliphatic hydroxyl groups is 3. The highest BCUT2D eigenvalue weighted by Gasteiger charge is 2.29. The van der Waals surface area contributed by atoms with Gasteiger partial charge in [-0.25, -0.2) is 0 Å². The van der Waals surface area contributed by atoms with Gasteiger partial charge in [-0.15, -0.1) is 0 Å². The molecule has 0 aromatic heterocycles. The van der Waals surface area contributed by atoms with Gasteiger partial charge in [-0.2, -0.15) is 0 Å². The molecule has 5 heteroatoms. The van der Waals surface area contributed by atoms with E-state index in [1.807, 2.05) is 13.8 Å². The molecule has 1 saturated heterocycles. The third kappa shape index (κ3) is 5.66. The quantitative estimate of drug-likeness (QED) is 0.551. The topological polar surface area (TPSA) is 76.0 Å². The van der Waals surface area contributed by atoms with E-state index in [4.69, 9.17) is 0 Å². The third-order valence-corrected chi connectivity index (χ3v) is 4.01. The average Bonchev–Trinajstić information content (AvgIpc) is 2.74. The fourth-order valence-electron chi connectivity index (χ4n) is 2.62. The lowest BCUT2D eigenvalue weighted by atomic mass is 10.1. The number of likely N-dealkylation sites (tertiary alicyclic amines) is 1. The summed E-state index contributed by atoms with van der Waals surface area (Å²) < 4.78 is 0. The number of hydrogen-bond acceptors (Lipinski definition) is 5. The molecule has 1 aromatic carbocycles. The van der Waals surface area contributed by atoms with Crippen LogP contribution in [0.3, 0.4) is 0 Å². The Balaban J connectivity index is 1.74. The largest absolute Gasteiger partial charge is 0.390 e. The first-order chi connectivity index (χ1) is 10.3. The average molecular weight is 308 g/mol. The molecule has 22 heavy (non-hydrogen) atoms. The predicted molar refractivity (Wildman–Crippen MR) is 86.4 cm³/mol. The van der Waals surface area contributed by atoms with Gasteiger partial charge in [0.2, 0.25) is 0 Å². The molecule has 2 rings (SSSR count). The smallest absolute Gasteiger partial charge is 0.0938 e. The number of aliphatic hydroxyl groups excluding tert-OH is 2. The molecule has 124 valence electrons. The first-order valence-corrected chi connectivity index (χ1v) is 7.93. The Labute approximate surface area is 132 Å². The van der Waals surface area contributed by atoms with Gasteiger partial charge in [0, 0.05) is 26.2 Å². The molecule has 5 nitrogen and oxygen atoms in total. The normalized spacial score (nSPS) is 23.1. The lowest BCUT2D eigenvalue weighted by Gasteiger charge is -2.17. The molecule has 0 bridgehead atoms. The monoisotopic (exact) mass is 308 g/mol. The van der Waals surface area contributed by atoms with Gasteiger partial charge in [0.05, 0.1) is 17.8 Å². The summed E-state index contributed by atoms with van der Waals surface area (Å²) in [7, 11) is 0. The highest BCUT2D eigenvalue weighted by molar-refractivity contribution is 5.22. The summed E-state index contributed by atoms with van der Waals surface area (Å²) in [6.07, 6.45) is -0.525. The number of nitrogens with zero attached hydrogens (tertiary/aromatic N) is 1. The number of β-amino-alcohol motifs (C(OH)–C–C–N with tert-alkyl or cyclic N) is 2. The molecule has 1 heterocycles. The number of hydrogen-bond donors (Lipinski definition) is 4. The van der Waals surface area contributed by atoms with Gasteiger partial charge in [0.25, 0.3) is 0 Å². The van der Waals surface area contributed by atoms with Gasteiger partial charge in [-0.1, -0.05) is 24.3 Å². The van der Waals surface area contributed by atoms with Crippen molar-refractivity contribution in [3.8, 4) is 0 Å². The molecule has 0 amide bonds. The van der Waals surface area contributed by atoms with E-state index in [2.05, 4.69) is 34.5 Å². The van der Waals surface area contributed by atoms with Crippen molar-refractivity contribution in [3.05, 3.63) is 35.4 Å². The Kier molecular flexibility index (Phi) is 5.94. The first-order valence-electron chi connectivity index (χ1n) is 7.93. The van der Waals surface area contributed by atoms with E-state index in [9.17, 15) is 15.3 Å². The van der Waals surface area contributed by atoms with E-state index in [0.717, 1.165) is 26.1 Å². The molecular formula is C17H28N2O3. The Hall–Kier alpha value is -0.980. The molecule has 0 radical (unpaired) electrons. The number of benzene rings is 1. The van der Waals surface area contributed by atoms with Crippen LogP contribution in [0.15, 0.2) is 24.3 Å². The van der Waals surface area contributed by atoms with Crippen LogP contribution in [-0.2, 0) is 13.1 Å². The Morgan fingerprint density at radius 2 is 1.64 bits per heavy atom. The summed E-state index contributed by atoms with van der Waals surface area (Å²) >= 11 is 0. The second kappa shape index (κ2) is 7.53. The van der Waals surface area contributed by atoms with Gasteiger partial charge < -0.3 is 20.6 Å². The van der Waals surface area contributed by atoms with Crippen molar-refractivity contribution >= 4 is 0 Å². The SMILES string of the molecule is CC(C)(O)CCNCc1ccc(CN2CC(O)C(O)C2)cc1. The molecule has 1 aliphatic heterocycles. The van der Waals surface area contributed by atoms with Crippen LogP contribution in [0.2, 0.25) is 0 Å². The Morgan fingerprint density at radius 1 is 1.09 bits per heavy atom. The zero-order chi connectivity index (χ0) is 16.2. The standard InChI is InChI=1S/C17H28N2O3/c1-17(2,22)7-8-18-9-13-3-5-14(6-4-13)10-19-11-15(20)16(21)12-19/h3-6,15-16,18,20-22H,7-12H2,1-2H3. The van der Waals surface area contributed by atoms with Crippen molar-refractivity contribution < 1.29 is 15.3 Å². The highest BCUT2D eigenvalue weighted by Crippen LogP contribution is 2.14. The van der Waals surface area contributed by atoms with E-state index in [1.165, 1.54) is 11.1 Å². The molecule has 0 saturated carbocycles. The van der Waals surface area contributed by atoms with Crippen LogP contribution in [0.5, 0.6) is 0 Å². The van der Waals surface area contributed by atoms with Crippen LogP contribution in [0.25, 0.3) is 0 Å². The molecule has 2 unspecified atom stereocenters. The highest BCUT2D eigenvalue weighted by atomic mass is 16.3. The van der Waals surface area contributed by atoms with Crippen LogP contribution in [0, 0.1) is 0 Å². The molecule has 0 spiro atoms. The number of nitrogens with one attached hydrogen (secondary N) is 1. The zero-order valence-corrected chi connectivity index (χ0v) is 13.5. The number of rotatable bonds is 7.